The monoisotopic (exact) mass is 324 g/mol. The fraction of sp³-hybridized carbons (Fsp3) is 0. The van der Waals surface area contributed by atoms with Crippen molar-refractivity contribution in [2.75, 3.05) is 5.73 Å². The predicted octanol–water partition coefficient (Wildman–Crippen LogP) is -0.720. The molecular formula is C7H8N4O5S3. The van der Waals surface area contributed by atoms with Crippen molar-refractivity contribution in [3.05, 3.63) is 12.1 Å². The molecule has 2 heterocycles. The number of thiophene rings is 1. The van der Waals surface area contributed by atoms with Gasteiger partial charge in [0.05, 0.1) is 4.88 Å². The Bertz CT molecular complexity index is 832. The van der Waals surface area contributed by atoms with E-state index < -0.39 is 30.8 Å². The van der Waals surface area contributed by atoms with E-state index in [9.17, 15) is 16.8 Å². The van der Waals surface area contributed by atoms with Crippen LogP contribution in [0.4, 0.5) is 5.88 Å². The number of anilines is 1. The number of rotatable bonds is 3. The first-order chi connectivity index (χ1) is 8.60. The number of sulfonamides is 2. The highest BCUT2D eigenvalue weighted by molar-refractivity contribution is 7.91. The Balaban J connectivity index is 2.65. The van der Waals surface area contributed by atoms with Crippen LogP contribution in [0.15, 0.2) is 25.8 Å². The van der Waals surface area contributed by atoms with E-state index in [1.165, 1.54) is 12.1 Å². The number of aromatic nitrogens is 1. The van der Waals surface area contributed by atoms with E-state index in [1.54, 1.807) is 0 Å². The summed E-state index contributed by atoms with van der Waals surface area (Å²) in [6.07, 6.45) is 0. The molecule has 0 aromatic carbocycles. The molecule has 2 aromatic rings. The SMILES string of the molecule is Nc1onc(-c2ccc(S(N)(=O)=O)s2)c1S(N)(=O)=O. The number of primary sulfonamides is 2. The molecule has 2 aromatic heterocycles. The Morgan fingerprint density at radius 3 is 2.21 bits per heavy atom. The summed E-state index contributed by atoms with van der Waals surface area (Å²) in [5, 5.41) is 13.4. The van der Waals surface area contributed by atoms with Crippen molar-refractivity contribution in [3.63, 3.8) is 0 Å². The molecule has 0 fully saturated rings. The number of hydrogen-bond acceptors (Lipinski definition) is 8. The molecule has 0 aliphatic heterocycles. The summed E-state index contributed by atoms with van der Waals surface area (Å²) in [4.78, 5) is -0.288. The first-order valence-corrected chi connectivity index (χ1v) is 8.42. The third kappa shape index (κ3) is 2.62. The quantitative estimate of drug-likeness (QED) is 0.668. The van der Waals surface area contributed by atoms with Gasteiger partial charge in [-0.25, -0.2) is 27.1 Å². The van der Waals surface area contributed by atoms with E-state index in [4.69, 9.17) is 16.0 Å². The maximum absolute atomic E-state index is 11.4. The molecule has 0 unspecified atom stereocenters. The van der Waals surface area contributed by atoms with E-state index in [-0.39, 0.29) is 14.8 Å². The van der Waals surface area contributed by atoms with Crippen LogP contribution >= 0.6 is 11.3 Å². The summed E-state index contributed by atoms with van der Waals surface area (Å²) in [5.74, 6) is -0.469. The Labute approximate surface area is 112 Å². The van der Waals surface area contributed by atoms with Crippen molar-refractivity contribution in [3.8, 4) is 10.6 Å². The molecule has 0 radical (unpaired) electrons. The Kier molecular flexibility index (Phi) is 3.14. The van der Waals surface area contributed by atoms with Gasteiger partial charge >= 0.3 is 0 Å². The van der Waals surface area contributed by atoms with Crippen molar-refractivity contribution in [2.24, 2.45) is 10.3 Å². The van der Waals surface area contributed by atoms with Crippen LogP contribution < -0.4 is 16.0 Å². The summed E-state index contributed by atoms with van der Waals surface area (Å²) in [6.45, 7) is 0. The average Bonchev–Trinajstić information content (AvgIpc) is 2.79. The first-order valence-electron chi connectivity index (χ1n) is 4.51. The van der Waals surface area contributed by atoms with Crippen molar-refractivity contribution < 1.29 is 21.4 Å². The Morgan fingerprint density at radius 1 is 1.11 bits per heavy atom. The van der Waals surface area contributed by atoms with Crippen molar-refractivity contribution in [2.45, 2.75) is 9.10 Å². The molecule has 0 saturated carbocycles. The summed E-state index contributed by atoms with van der Waals surface area (Å²) >= 11 is 0.726. The molecule has 0 spiro atoms. The molecule has 2 rings (SSSR count). The zero-order chi connectivity index (χ0) is 14.4. The van der Waals surface area contributed by atoms with Gasteiger partial charge in [-0.1, -0.05) is 5.16 Å². The minimum absolute atomic E-state index is 0.149. The topological polar surface area (TPSA) is 172 Å². The van der Waals surface area contributed by atoms with Gasteiger partial charge in [0.15, 0.2) is 4.90 Å². The standard InChI is InChI=1S/C7H8N4O5S3/c8-7-6(19(10,14)15)5(11-16-7)3-1-2-4(17-3)18(9,12)13/h1-2H,8H2,(H2,9,12,13)(H2,10,14,15). The lowest BCUT2D eigenvalue weighted by Gasteiger charge is -1.96. The van der Waals surface area contributed by atoms with Crippen molar-refractivity contribution in [1.29, 1.82) is 0 Å². The fourth-order valence-electron chi connectivity index (χ4n) is 1.33. The third-order valence-corrected chi connectivity index (χ3v) is 5.55. The summed E-state index contributed by atoms with van der Waals surface area (Å²) in [6, 6.07) is 2.55. The summed E-state index contributed by atoms with van der Waals surface area (Å²) < 4.78 is 49.4. The van der Waals surface area contributed by atoms with Crippen LogP contribution in [-0.2, 0) is 20.0 Å². The zero-order valence-corrected chi connectivity index (χ0v) is 11.5. The van der Waals surface area contributed by atoms with E-state index in [2.05, 4.69) is 9.68 Å². The molecule has 0 atom stereocenters. The van der Waals surface area contributed by atoms with Gasteiger partial charge in [0.25, 0.3) is 0 Å². The predicted molar refractivity (Wildman–Crippen MR) is 67.0 cm³/mol. The van der Waals surface area contributed by atoms with Crippen LogP contribution in [-0.4, -0.2) is 22.0 Å². The molecule has 0 saturated heterocycles. The molecule has 6 N–H and O–H groups in total. The number of nitrogen functional groups attached to an aromatic ring is 1. The second kappa shape index (κ2) is 4.28. The van der Waals surface area contributed by atoms with Gasteiger partial charge in [-0.2, -0.15) is 0 Å². The van der Waals surface area contributed by atoms with Crippen molar-refractivity contribution >= 4 is 37.3 Å². The molecule has 0 amide bonds. The number of hydrogen-bond donors (Lipinski definition) is 3. The van der Waals surface area contributed by atoms with Gasteiger partial charge in [0.2, 0.25) is 25.9 Å². The van der Waals surface area contributed by atoms with E-state index in [1.807, 2.05) is 0 Å². The molecule has 104 valence electrons. The Hall–Kier alpha value is -1.47. The molecule has 9 nitrogen and oxygen atoms in total. The second-order valence-electron chi connectivity index (χ2n) is 3.43. The molecular weight excluding hydrogens is 316 g/mol. The minimum Gasteiger partial charge on any atom is -0.366 e. The lowest BCUT2D eigenvalue weighted by molar-refractivity contribution is 0.438. The van der Waals surface area contributed by atoms with E-state index in [0.717, 1.165) is 11.3 Å². The molecule has 0 aliphatic rings. The highest BCUT2D eigenvalue weighted by Gasteiger charge is 2.26. The molecule has 0 bridgehead atoms. The maximum atomic E-state index is 11.4. The number of nitrogens with two attached hydrogens (primary N) is 3. The van der Waals surface area contributed by atoms with Crippen LogP contribution in [0.2, 0.25) is 0 Å². The molecule has 12 heteroatoms. The average molecular weight is 324 g/mol. The molecule has 19 heavy (non-hydrogen) atoms. The van der Waals surface area contributed by atoms with Crippen LogP contribution in [0.25, 0.3) is 10.6 Å². The van der Waals surface area contributed by atoms with Crippen LogP contribution in [0.5, 0.6) is 0 Å². The van der Waals surface area contributed by atoms with Crippen LogP contribution in [0.3, 0.4) is 0 Å². The van der Waals surface area contributed by atoms with Gasteiger partial charge < -0.3 is 10.3 Å². The number of nitrogens with zero attached hydrogens (tertiary/aromatic N) is 1. The van der Waals surface area contributed by atoms with E-state index in [0.29, 0.717) is 0 Å². The highest BCUT2D eigenvalue weighted by Crippen LogP contribution is 2.35. The van der Waals surface area contributed by atoms with Crippen LogP contribution in [0, 0.1) is 0 Å². The van der Waals surface area contributed by atoms with E-state index >= 15 is 0 Å². The largest absolute Gasteiger partial charge is 0.366 e. The second-order valence-corrected chi connectivity index (χ2v) is 7.80. The first kappa shape index (κ1) is 14.0. The van der Waals surface area contributed by atoms with Gasteiger partial charge in [-0.15, -0.1) is 11.3 Å². The summed E-state index contributed by atoms with van der Waals surface area (Å²) in [7, 11) is -8.03. The van der Waals surface area contributed by atoms with Crippen molar-refractivity contribution in [1.82, 2.24) is 5.16 Å². The third-order valence-electron chi connectivity index (χ3n) is 2.05. The van der Waals surface area contributed by atoms with Gasteiger partial charge in [-0.05, 0) is 12.1 Å². The highest BCUT2D eigenvalue weighted by atomic mass is 32.2. The normalized spacial score (nSPS) is 12.7. The minimum atomic E-state index is -4.15. The smallest absolute Gasteiger partial charge is 0.247 e. The zero-order valence-electron chi connectivity index (χ0n) is 9.10. The van der Waals surface area contributed by atoms with Gasteiger partial charge in [0, 0.05) is 0 Å². The van der Waals surface area contributed by atoms with Crippen LogP contribution in [0.1, 0.15) is 0 Å². The van der Waals surface area contributed by atoms with Gasteiger partial charge in [0.1, 0.15) is 9.90 Å². The fourth-order valence-corrected chi connectivity index (χ4v) is 3.84. The molecule has 0 aliphatic carbocycles. The van der Waals surface area contributed by atoms with Gasteiger partial charge in [-0.3, -0.25) is 0 Å². The lowest BCUT2D eigenvalue weighted by Crippen LogP contribution is -2.14. The summed E-state index contributed by atoms with van der Waals surface area (Å²) in [5.41, 5.74) is 5.18. The maximum Gasteiger partial charge on any atom is 0.247 e. The Morgan fingerprint density at radius 2 is 1.74 bits per heavy atom. The lowest BCUT2D eigenvalue weighted by atomic mass is 10.3.